The minimum Gasteiger partial charge on any atom is -0.0654 e. The molecule has 0 aromatic rings. The molecule has 0 heterocycles. The fourth-order valence-electron chi connectivity index (χ4n) is 7.53. The Morgan fingerprint density at radius 2 is 0.447 bits per heavy atom. The molecule has 0 fully saturated rings. The average Bonchev–Trinajstić information content (AvgIpc) is 3.07. The second-order valence-corrected chi connectivity index (χ2v) is 16.5. The summed E-state index contributed by atoms with van der Waals surface area (Å²) in [4.78, 5) is 0. The van der Waals surface area contributed by atoms with Gasteiger partial charge in [0.15, 0.2) is 0 Å². The Hall–Kier alpha value is 0. The summed E-state index contributed by atoms with van der Waals surface area (Å²) < 4.78 is 0. The molecule has 0 aromatic carbocycles. The normalized spacial score (nSPS) is 11.7. The standard InChI is InChI=1S/C47H95/c1-4-5-6-7-8-9-10-11-12-13-14-15-16-17-18-19-20-21-22-23-24-25-26-27-28-29-30-31-32-33-34-35-36-37-38-39-40-41-42-43-44-45-46-47(2)3/h30,47H,4-29,31-46H2,1-3H3. The maximum Gasteiger partial charge on any atom is -0.0386 e. The fraction of sp³-hybridized carbons (Fsp3) is 0.979. The monoisotopic (exact) mass is 660 g/mol. The molecule has 0 aromatic heterocycles. The van der Waals surface area contributed by atoms with E-state index >= 15 is 0 Å². The summed E-state index contributed by atoms with van der Waals surface area (Å²) in [6, 6.07) is 0. The zero-order valence-electron chi connectivity index (χ0n) is 33.9. The average molecular weight is 660 g/mol. The van der Waals surface area contributed by atoms with Gasteiger partial charge in [-0.05, 0) is 12.3 Å². The summed E-state index contributed by atoms with van der Waals surface area (Å²) in [5.74, 6) is 0.894. The van der Waals surface area contributed by atoms with Gasteiger partial charge in [0, 0.05) is 0 Å². The van der Waals surface area contributed by atoms with Gasteiger partial charge in [-0.25, -0.2) is 0 Å². The third kappa shape index (κ3) is 46.0. The molecule has 1 radical (unpaired) electrons. The van der Waals surface area contributed by atoms with Gasteiger partial charge in [-0.2, -0.15) is 0 Å². The van der Waals surface area contributed by atoms with Crippen LogP contribution in [0.2, 0.25) is 0 Å². The second kappa shape index (κ2) is 44.0. The molecular weight excluding hydrogens is 565 g/mol. The van der Waals surface area contributed by atoms with Gasteiger partial charge >= 0.3 is 0 Å². The molecule has 0 heteroatoms. The van der Waals surface area contributed by atoms with E-state index < -0.39 is 0 Å². The fourth-order valence-corrected chi connectivity index (χ4v) is 7.53. The summed E-state index contributed by atoms with van der Waals surface area (Å²) in [7, 11) is 0. The summed E-state index contributed by atoms with van der Waals surface area (Å²) in [5, 5.41) is 0. The van der Waals surface area contributed by atoms with Gasteiger partial charge in [-0.3, -0.25) is 0 Å². The maximum atomic E-state index is 2.60. The topological polar surface area (TPSA) is 0 Å². The Labute approximate surface area is 302 Å². The van der Waals surface area contributed by atoms with Gasteiger partial charge in [-0.15, -0.1) is 0 Å². The third-order valence-electron chi connectivity index (χ3n) is 11.0. The molecule has 0 saturated carbocycles. The van der Waals surface area contributed by atoms with Crippen LogP contribution in [0.25, 0.3) is 0 Å². The quantitative estimate of drug-likeness (QED) is 0.0571. The van der Waals surface area contributed by atoms with Crippen LogP contribution in [0.1, 0.15) is 290 Å². The predicted octanol–water partition coefficient (Wildman–Crippen LogP) is 18.3. The third-order valence-corrected chi connectivity index (χ3v) is 11.0. The molecule has 0 spiro atoms. The van der Waals surface area contributed by atoms with Crippen molar-refractivity contribution in [2.45, 2.75) is 290 Å². The van der Waals surface area contributed by atoms with E-state index in [9.17, 15) is 0 Å². The van der Waals surface area contributed by atoms with Crippen LogP contribution in [0.5, 0.6) is 0 Å². The van der Waals surface area contributed by atoms with Gasteiger partial charge < -0.3 is 0 Å². The smallest absolute Gasteiger partial charge is 0.0386 e. The van der Waals surface area contributed by atoms with Gasteiger partial charge in [0.2, 0.25) is 0 Å². The van der Waals surface area contributed by atoms with Crippen molar-refractivity contribution >= 4 is 0 Å². The molecule has 0 N–H and O–H groups in total. The molecule has 0 nitrogen and oxygen atoms in total. The first-order chi connectivity index (χ1) is 23.3. The van der Waals surface area contributed by atoms with Crippen LogP contribution in [0.15, 0.2) is 0 Å². The van der Waals surface area contributed by atoms with Gasteiger partial charge in [0.25, 0.3) is 0 Å². The SMILES string of the molecule is CCCCCCCCCCCCCCCCCCCCCCCCCCC[CH]CCCCCCCCCCCCCCCCC(C)C. The highest BCUT2D eigenvalue weighted by Crippen LogP contribution is 2.18. The molecule has 283 valence electrons. The zero-order chi connectivity index (χ0) is 34.0. The lowest BCUT2D eigenvalue weighted by atomic mass is 10.0. The van der Waals surface area contributed by atoms with Crippen LogP contribution in [0.4, 0.5) is 0 Å². The van der Waals surface area contributed by atoms with Crippen LogP contribution in [-0.2, 0) is 0 Å². The van der Waals surface area contributed by atoms with E-state index in [2.05, 4.69) is 27.2 Å². The lowest BCUT2D eigenvalue weighted by Gasteiger charge is -2.05. The van der Waals surface area contributed by atoms with Crippen molar-refractivity contribution in [3.8, 4) is 0 Å². The van der Waals surface area contributed by atoms with E-state index in [1.54, 1.807) is 0 Å². The van der Waals surface area contributed by atoms with E-state index in [1.807, 2.05) is 0 Å². The molecule has 0 aliphatic heterocycles. The Morgan fingerprint density at radius 3 is 0.660 bits per heavy atom. The van der Waals surface area contributed by atoms with Crippen molar-refractivity contribution in [3.05, 3.63) is 6.42 Å². The molecule has 47 heavy (non-hydrogen) atoms. The number of rotatable bonds is 43. The minimum atomic E-state index is 0.894. The molecular formula is C47H95. The number of unbranched alkanes of at least 4 members (excludes halogenated alkanes) is 41. The molecule has 0 unspecified atom stereocenters. The second-order valence-electron chi connectivity index (χ2n) is 16.5. The summed E-state index contributed by atoms with van der Waals surface area (Å²) in [6.45, 7) is 7.01. The largest absolute Gasteiger partial charge is 0.0654 e. The maximum absolute atomic E-state index is 2.60. The van der Waals surface area contributed by atoms with E-state index in [0.29, 0.717) is 0 Å². The highest BCUT2D eigenvalue weighted by atomic mass is 14.1. The van der Waals surface area contributed by atoms with Crippen LogP contribution >= 0.6 is 0 Å². The number of hydrogen-bond donors (Lipinski definition) is 0. The molecule has 0 aliphatic carbocycles. The Morgan fingerprint density at radius 1 is 0.255 bits per heavy atom. The molecule has 0 bridgehead atoms. The zero-order valence-corrected chi connectivity index (χ0v) is 33.9. The lowest BCUT2D eigenvalue weighted by molar-refractivity contribution is 0.502. The minimum absolute atomic E-state index is 0.894. The van der Waals surface area contributed by atoms with Crippen molar-refractivity contribution in [3.63, 3.8) is 0 Å². The van der Waals surface area contributed by atoms with Crippen molar-refractivity contribution < 1.29 is 0 Å². The molecule has 0 saturated heterocycles. The Bertz CT molecular complexity index is 506. The van der Waals surface area contributed by atoms with Gasteiger partial charge in [0.05, 0.1) is 0 Å². The first-order valence-electron chi connectivity index (χ1n) is 23.1. The van der Waals surface area contributed by atoms with Crippen molar-refractivity contribution in [1.82, 2.24) is 0 Å². The Balaban J connectivity index is 3.04. The number of hydrogen-bond acceptors (Lipinski definition) is 0. The summed E-state index contributed by atoms with van der Waals surface area (Å²) in [6.07, 6.45) is 64.4. The van der Waals surface area contributed by atoms with E-state index in [0.717, 1.165) is 5.92 Å². The first kappa shape index (κ1) is 47.0. The molecule has 0 atom stereocenters. The Kier molecular flexibility index (Phi) is 44.0. The van der Waals surface area contributed by atoms with Crippen LogP contribution in [-0.4, -0.2) is 0 Å². The predicted molar refractivity (Wildman–Crippen MR) is 219 cm³/mol. The lowest BCUT2D eigenvalue weighted by Crippen LogP contribution is -1.87. The van der Waals surface area contributed by atoms with E-state index in [1.165, 1.54) is 270 Å². The van der Waals surface area contributed by atoms with Crippen LogP contribution < -0.4 is 0 Å². The van der Waals surface area contributed by atoms with Crippen molar-refractivity contribution in [2.75, 3.05) is 0 Å². The molecule has 0 amide bonds. The van der Waals surface area contributed by atoms with E-state index in [4.69, 9.17) is 0 Å². The van der Waals surface area contributed by atoms with Crippen molar-refractivity contribution in [2.24, 2.45) is 5.92 Å². The first-order valence-corrected chi connectivity index (χ1v) is 23.1. The van der Waals surface area contributed by atoms with Crippen LogP contribution in [0, 0.1) is 12.3 Å². The van der Waals surface area contributed by atoms with Gasteiger partial charge in [-0.1, -0.05) is 290 Å². The van der Waals surface area contributed by atoms with E-state index in [-0.39, 0.29) is 0 Å². The summed E-state index contributed by atoms with van der Waals surface area (Å²) >= 11 is 0. The van der Waals surface area contributed by atoms with Crippen molar-refractivity contribution in [1.29, 1.82) is 0 Å². The highest BCUT2D eigenvalue weighted by Gasteiger charge is 1.99. The summed E-state index contributed by atoms with van der Waals surface area (Å²) in [5.41, 5.74) is 0. The molecule has 0 aliphatic rings. The highest BCUT2D eigenvalue weighted by molar-refractivity contribution is 4.65. The van der Waals surface area contributed by atoms with Gasteiger partial charge in [0.1, 0.15) is 0 Å². The molecule has 0 rings (SSSR count). The van der Waals surface area contributed by atoms with Crippen LogP contribution in [0.3, 0.4) is 0 Å².